The molecule has 0 saturated carbocycles. The van der Waals surface area contributed by atoms with E-state index in [1.54, 1.807) is 0 Å². The van der Waals surface area contributed by atoms with E-state index in [2.05, 4.69) is 218 Å². The third-order valence-corrected chi connectivity index (χ3v) is 30.6. The van der Waals surface area contributed by atoms with Gasteiger partial charge in [-0.15, -0.1) is 0 Å². The minimum absolute atomic E-state index is 0.925. The van der Waals surface area contributed by atoms with Crippen LogP contribution in [0.1, 0.15) is 0 Å². The van der Waals surface area contributed by atoms with Gasteiger partial charge in [0.1, 0.15) is 0 Å². The molecule has 0 fully saturated rings. The van der Waals surface area contributed by atoms with E-state index < -0.39 is 26.5 Å². The molecule has 0 aliphatic carbocycles. The number of benzene rings is 8. The van der Waals surface area contributed by atoms with Crippen molar-refractivity contribution >= 4 is 83.6 Å². The zero-order valence-electron chi connectivity index (χ0n) is 28.2. The summed E-state index contributed by atoms with van der Waals surface area (Å²) in [4.78, 5) is 0. The number of hydrogen-bond acceptors (Lipinski definition) is 1. The van der Waals surface area contributed by atoms with Gasteiger partial charge < -0.3 is 0 Å². The number of fused-ring (bicyclic) bond motifs is 3. The SMILES string of the molecule is c1cc[c]([Ge]([c]2ccccc2)([c]2ccccc2)[c]2ccc3oc4cc[c]([Ge]([c]5ccccc5)([c]5ccccc5)[c]5ccccc5)cc4c3c2)cc1. The van der Waals surface area contributed by atoms with Gasteiger partial charge in [-0.1, -0.05) is 0 Å². The zero-order valence-corrected chi connectivity index (χ0v) is 32.4. The molecule has 9 rings (SSSR count). The van der Waals surface area contributed by atoms with Crippen molar-refractivity contribution in [3.8, 4) is 0 Å². The van der Waals surface area contributed by atoms with Crippen molar-refractivity contribution in [2.24, 2.45) is 0 Å². The van der Waals surface area contributed by atoms with Gasteiger partial charge in [-0.2, -0.15) is 0 Å². The van der Waals surface area contributed by atoms with E-state index in [0.717, 1.165) is 11.2 Å². The summed E-state index contributed by atoms with van der Waals surface area (Å²) in [5, 5.41) is 2.35. The van der Waals surface area contributed by atoms with Crippen LogP contribution >= 0.6 is 0 Å². The predicted octanol–water partition coefficient (Wildman–Crippen LogP) is 6.34. The van der Waals surface area contributed by atoms with Crippen LogP contribution in [-0.2, 0) is 0 Å². The first-order chi connectivity index (χ1) is 25.3. The summed E-state index contributed by atoms with van der Waals surface area (Å²) < 4.78 is 17.9. The molecule has 0 unspecified atom stereocenters. The molecule has 1 heterocycles. The maximum absolute atomic E-state index is 6.66. The quantitative estimate of drug-likeness (QED) is 0.165. The van der Waals surface area contributed by atoms with E-state index in [1.165, 1.54) is 45.9 Å². The van der Waals surface area contributed by atoms with Crippen molar-refractivity contribution in [3.63, 3.8) is 0 Å². The van der Waals surface area contributed by atoms with Crippen molar-refractivity contribution in [1.29, 1.82) is 0 Å². The van der Waals surface area contributed by atoms with Gasteiger partial charge in [0.15, 0.2) is 0 Å². The fraction of sp³-hybridized carbons (Fsp3) is 0. The summed E-state index contributed by atoms with van der Waals surface area (Å²) in [6.07, 6.45) is 0. The number of hydrogen-bond donors (Lipinski definition) is 0. The van der Waals surface area contributed by atoms with Gasteiger partial charge in [-0.25, -0.2) is 0 Å². The van der Waals surface area contributed by atoms with Crippen molar-refractivity contribution in [3.05, 3.63) is 218 Å². The summed E-state index contributed by atoms with van der Waals surface area (Å²) in [7, 11) is 0. The molecule has 0 amide bonds. The molecule has 1 nitrogen and oxygen atoms in total. The third-order valence-electron chi connectivity index (χ3n) is 10.6. The number of rotatable bonds is 8. The van der Waals surface area contributed by atoms with Crippen LogP contribution in [0.2, 0.25) is 0 Å². The van der Waals surface area contributed by atoms with Gasteiger partial charge >= 0.3 is 306 Å². The van der Waals surface area contributed by atoms with Gasteiger partial charge in [0.25, 0.3) is 0 Å². The zero-order chi connectivity index (χ0) is 34.1. The molecule has 3 heteroatoms. The molecular weight excluding hydrogens is 738 g/mol. The molecule has 0 saturated heterocycles. The molecule has 0 aliphatic rings. The Labute approximate surface area is 304 Å². The second-order valence-corrected chi connectivity index (χ2v) is 29.2. The van der Waals surface area contributed by atoms with E-state index in [9.17, 15) is 0 Å². The van der Waals surface area contributed by atoms with Crippen LogP contribution in [0.3, 0.4) is 0 Å². The van der Waals surface area contributed by atoms with Crippen LogP contribution in [0.15, 0.2) is 223 Å². The average molecular weight is 774 g/mol. The second-order valence-electron chi connectivity index (χ2n) is 13.2. The molecular formula is C48H36Ge2O. The first kappa shape index (κ1) is 31.6. The Morgan fingerprint density at radius 3 is 0.706 bits per heavy atom. The van der Waals surface area contributed by atoms with E-state index in [-0.39, 0.29) is 0 Å². The molecule has 0 atom stereocenters. The first-order valence-electron chi connectivity index (χ1n) is 17.6. The Bertz CT molecular complexity index is 2180. The van der Waals surface area contributed by atoms with Crippen molar-refractivity contribution in [2.45, 2.75) is 0 Å². The molecule has 0 bridgehead atoms. The molecule has 8 aromatic carbocycles. The summed E-state index contributed by atoms with van der Waals surface area (Å²) >= 11 is -6.95. The molecule has 1 aromatic heterocycles. The number of furan rings is 1. The molecule has 0 spiro atoms. The van der Waals surface area contributed by atoms with E-state index in [4.69, 9.17) is 4.42 Å². The molecule has 51 heavy (non-hydrogen) atoms. The fourth-order valence-corrected chi connectivity index (χ4v) is 28.4. The van der Waals surface area contributed by atoms with Gasteiger partial charge in [-0.05, 0) is 0 Å². The van der Waals surface area contributed by atoms with Gasteiger partial charge in [-0.3, -0.25) is 0 Å². The predicted molar refractivity (Wildman–Crippen MR) is 221 cm³/mol. The Hall–Kier alpha value is -5.35. The Balaban J connectivity index is 1.36. The second kappa shape index (κ2) is 13.4. The molecule has 9 aromatic rings. The average Bonchev–Trinajstić information content (AvgIpc) is 3.59. The van der Waals surface area contributed by atoms with Crippen molar-refractivity contribution in [1.82, 2.24) is 0 Å². The Morgan fingerprint density at radius 1 is 0.235 bits per heavy atom. The van der Waals surface area contributed by atoms with Crippen LogP contribution in [0.4, 0.5) is 0 Å². The van der Waals surface area contributed by atoms with Gasteiger partial charge in [0.2, 0.25) is 0 Å². The monoisotopic (exact) mass is 776 g/mol. The third kappa shape index (κ3) is 5.23. The Kier molecular flexibility index (Phi) is 8.31. The van der Waals surface area contributed by atoms with E-state index >= 15 is 0 Å². The molecule has 0 N–H and O–H groups in total. The summed E-state index contributed by atoms with van der Waals surface area (Å²) in [5.74, 6) is 0. The van der Waals surface area contributed by atoms with Crippen LogP contribution in [-0.4, -0.2) is 26.5 Å². The molecule has 0 radical (unpaired) electrons. The summed E-state index contributed by atoms with van der Waals surface area (Å²) in [6, 6.07) is 81.3. The first-order valence-corrected chi connectivity index (χ1v) is 26.0. The van der Waals surface area contributed by atoms with Crippen LogP contribution in [0.25, 0.3) is 21.9 Å². The maximum atomic E-state index is 6.66. The van der Waals surface area contributed by atoms with Gasteiger partial charge in [0.05, 0.1) is 0 Å². The summed E-state index contributed by atoms with van der Waals surface area (Å²) in [5.41, 5.74) is 1.85. The van der Waals surface area contributed by atoms with Crippen LogP contribution in [0.5, 0.6) is 0 Å². The molecule has 0 aliphatic heterocycles. The normalized spacial score (nSPS) is 11.9. The fourth-order valence-electron chi connectivity index (χ4n) is 8.37. The molecule has 242 valence electrons. The van der Waals surface area contributed by atoms with Crippen LogP contribution in [0, 0.1) is 0 Å². The van der Waals surface area contributed by atoms with E-state index in [1.807, 2.05) is 0 Å². The van der Waals surface area contributed by atoms with Crippen molar-refractivity contribution in [2.75, 3.05) is 0 Å². The standard InChI is InChI=1S/C48H36Ge2O/c1-7-19-37(20-8-1)49(38-21-9-2-10-22-38,39-23-11-3-12-24-39)43-31-33-47-45(35-43)46-36-44(32-34-48(46)51-47)50(40-25-13-4-14-26-40,41-27-15-5-16-28-41)42-29-17-6-18-30-42/h1-36H. The Morgan fingerprint density at radius 2 is 0.471 bits per heavy atom. The van der Waals surface area contributed by atoms with Crippen LogP contribution < -0.4 is 35.2 Å². The summed E-state index contributed by atoms with van der Waals surface area (Å²) in [6.45, 7) is 0. The van der Waals surface area contributed by atoms with Gasteiger partial charge in [0, 0.05) is 0 Å². The van der Waals surface area contributed by atoms with Crippen molar-refractivity contribution < 1.29 is 4.42 Å². The topological polar surface area (TPSA) is 13.1 Å². The van der Waals surface area contributed by atoms with E-state index in [0.29, 0.717) is 0 Å². The minimum atomic E-state index is -3.48.